The van der Waals surface area contributed by atoms with Crippen molar-refractivity contribution >= 4 is 5.91 Å². The third-order valence-electron chi connectivity index (χ3n) is 3.08. The van der Waals surface area contributed by atoms with Gasteiger partial charge in [0.05, 0.1) is 6.26 Å². The quantitative estimate of drug-likeness (QED) is 0.828. The lowest BCUT2D eigenvalue weighted by molar-refractivity contribution is -0.140. The molecule has 2 heterocycles. The molecule has 1 aliphatic rings. The molecular formula is C12H18N2O2. The number of likely N-dealkylation sites (tertiary alicyclic amines) is 1. The second-order valence-electron chi connectivity index (χ2n) is 4.56. The van der Waals surface area contributed by atoms with Crippen molar-refractivity contribution < 1.29 is 9.21 Å². The largest absolute Gasteiger partial charge is 0.467 e. The second-order valence-corrected chi connectivity index (χ2v) is 4.56. The highest BCUT2D eigenvalue weighted by molar-refractivity contribution is 5.78. The zero-order chi connectivity index (χ0) is 11.7. The van der Waals surface area contributed by atoms with E-state index in [1.54, 1.807) is 6.26 Å². The third kappa shape index (κ3) is 1.85. The van der Waals surface area contributed by atoms with Crippen LogP contribution in [0.25, 0.3) is 0 Å². The molecule has 16 heavy (non-hydrogen) atoms. The molecule has 1 aliphatic heterocycles. The predicted molar refractivity (Wildman–Crippen MR) is 60.6 cm³/mol. The summed E-state index contributed by atoms with van der Waals surface area (Å²) in [7, 11) is 0. The SMILES string of the molecule is CC(C)N1C(=O)CCC(N)C1c1ccco1. The smallest absolute Gasteiger partial charge is 0.223 e. The van der Waals surface area contributed by atoms with E-state index in [0.717, 1.165) is 12.2 Å². The van der Waals surface area contributed by atoms with Crippen LogP contribution in [-0.2, 0) is 4.79 Å². The maximum absolute atomic E-state index is 11.9. The van der Waals surface area contributed by atoms with Gasteiger partial charge in [-0.1, -0.05) is 0 Å². The Hall–Kier alpha value is -1.29. The monoisotopic (exact) mass is 222 g/mol. The Morgan fingerprint density at radius 3 is 2.88 bits per heavy atom. The number of nitrogens with zero attached hydrogens (tertiary/aromatic N) is 1. The molecule has 4 nitrogen and oxygen atoms in total. The summed E-state index contributed by atoms with van der Waals surface area (Å²) in [5.74, 6) is 0.951. The molecule has 2 unspecified atom stereocenters. The van der Waals surface area contributed by atoms with E-state index in [9.17, 15) is 4.79 Å². The first-order valence-corrected chi connectivity index (χ1v) is 5.71. The molecule has 0 spiro atoms. The first kappa shape index (κ1) is 11.2. The lowest BCUT2D eigenvalue weighted by Gasteiger charge is -2.41. The topological polar surface area (TPSA) is 59.5 Å². The van der Waals surface area contributed by atoms with Gasteiger partial charge in [0, 0.05) is 18.5 Å². The van der Waals surface area contributed by atoms with Crippen LogP contribution < -0.4 is 5.73 Å². The van der Waals surface area contributed by atoms with Crippen LogP contribution >= 0.6 is 0 Å². The lowest BCUT2D eigenvalue weighted by Crippen LogP contribution is -2.51. The molecule has 1 saturated heterocycles. The molecule has 1 aromatic heterocycles. The van der Waals surface area contributed by atoms with Gasteiger partial charge in [-0.2, -0.15) is 0 Å². The summed E-state index contributed by atoms with van der Waals surface area (Å²) in [6.45, 7) is 4.01. The van der Waals surface area contributed by atoms with Gasteiger partial charge in [-0.3, -0.25) is 4.79 Å². The van der Waals surface area contributed by atoms with Crippen molar-refractivity contribution in [2.45, 2.75) is 44.8 Å². The number of nitrogens with two attached hydrogens (primary N) is 1. The average Bonchev–Trinajstić information content (AvgIpc) is 2.73. The van der Waals surface area contributed by atoms with Crippen LogP contribution in [0.4, 0.5) is 0 Å². The van der Waals surface area contributed by atoms with E-state index in [2.05, 4.69) is 0 Å². The van der Waals surface area contributed by atoms with E-state index >= 15 is 0 Å². The molecule has 1 fully saturated rings. The van der Waals surface area contributed by atoms with Crippen molar-refractivity contribution in [2.24, 2.45) is 5.73 Å². The fraction of sp³-hybridized carbons (Fsp3) is 0.583. The summed E-state index contributed by atoms with van der Waals surface area (Å²) in [5, 5.41) is 0. The van der Waals surface area contributed by atoms with Crippen molar-refractivity contribution in [3.05, 3.63) is 24.2 Å². The minimum atomic E-state index is -0.115. The van der Waals surface area contributed by atoms with E-state index in [-0.39, 0.29) is 24.0 Å². The van der Waals surface area contributed by atoms with E-state index in [1.165, 1.54) is 0 Å². The first-order chi connectivity index (χ1) is 7.61. The first-order valence-electron chi connectivity index (χ1n) is 5.71. The molecule has 4 heteroatoms. The summed E-state index contributed by atoms with van der Waals surface area (Å²) in [4.78, 5) is 13.8. The maximum Gasteiger partial charge on any atom is 0.223 e. The molecule has 0 aliphatic carbocycles. The average molecular weight is 222 g/mol. The van der Waals surface area contributed by atoms with Gasteiger partial charge in [-0.15, -0.1) is 0 Å². The Balaban J connectivity index is 2.32. The molecule has 0 saturated carbocycles. The number of rotatable bonds is 2. The van der Waals surface area contributed by atoms with Gasteiger partial charge < -0.3 is 15.1 Å². The zero-order valence-corrected chi connectivity index (χ0v) is 9.72. The molecule has 2 atom stereocenters. The van der Waals surface area contributed by atoms with Crippen molar-refractivity contribution in [1.82, 2.24) is 4.90 Å². The summed E-state index contributed by atoms with van der Waals surface area (Å²) < 4.78 is 5.40. The van der Waals surface area contributed by atoms with E-state index in [1.807, 2.05) is 30.9 Å². The molecule has 2 rings (SSSR count). The number of hydrogen-bond acceptors (Lipinski definition) is 3. The van der Waals surface area contributed by atoms with Crippen LogP contribution in [0.3, 0.4) is 0 Å². The summed E-state index contributed by atoms with van der Waals surface area (Å²) >= 11 is 0. The van der Waals surface area contributed by atoms with E-state index in [4.69, 9.17) is 10.2 Å². The Bertz CT molecular complexity index is 359. The van der Waals surface area contributed by atoms with Crippen LogP contribution in [0.15, 0.2) is 22.8 Å². The summed E-state index contributed by atoms with van der Waals surface area (Å²) in [6.07, 6.45) is 2.89. The highest BCUT2D eigenvalue weighted by Crippen LogP contribution is 2.32. The fourth-order valence-corrected chi connectivity index (χ4v) is 2.36. The highest BCUT2D eigenvalue weighted by Gasteiger charge is 2.37. The maximum atomic E-state index is 11.9. The number of carbonyl (C=O) groups excluding carboxylic acids is 1. The lowest BCUT2D eigenvalue weighted by atomic mass is 9.93. The highest BCUT2D eigenvalue weighted by atomic mass is 16.3. The number of carbonyl (C=O) groups is 1. The van der Waals surface area contributed by atoms with Crippen molar-refractivity contribution in [2.75, 3.05) is 0 Å². The Kier molecular flexibility index (Phi) is 3.01. The van der Waals surface area contributed by atoms with E-state index < -0.39 is 0 Å². The zero-order valence-electron chi connectivity index (χ0n) is 9.72. The van der Waals surface area contributed by atoms with Crippen LogP contribution in [0, 0.1) is 0 Å². The van der Waals surface area contributed by atoms with Crippen molar-refractivity contribution in [1.29, 1.82) is 0 Å². The predicted octanol–water partition coefficient (Wildman–Crippen LogP) is 1.68. The fourth-order valence-electron chi connectivity index (χ4n) is 2.36. The molecular weight excluding hydrogens is 204 g/mol. The molecule has 2 N–H and O–H groups in total. The number of amides is 1. The van der Waals surface area contributed by atoms with Gasteiger partial charge in [0.15, 0.2) is 0 Å². The van der Waals surface area contributed by atoms with Gasteiger partial charge in [0.2, 0.25) is 5.91 Å². The van der Waals surface area contributed by atoms with Crippen LogP contribution in [0.2, 0.25) is 0 Å². The molecule has 0 aromatic carbocycles. The number of hydrogen-bond donors (Lipinski definition) is 1. The Labute approximate surface area is 95.4 Å². The normalized spacial score (nSPS) is 26.5. The van der Waals surface area contributed by atoms with Gasteiger partial charge in [0.25, 0.3) is 0 Å². The minimum absolute atomic E-state index is 0.0359. The van der Waals surface area contributed by atoms with E-state index in [0.29, 0.717) is 6.42 Å². The number of furan rings is 1. The van der Waals surface area contributed by atoms with Crippen LogP contribution in [-0.4, -0.2) is 22.9 Å². The standard InChI is InChI=1S/C12H18N2O2/c1-8(2)14-11(15)6-5-9(13)12(14)10-4-3-7-16-10/h3-4,7-9,12H,5-6,13H2,1-2H3. The summed E-state index contributed by atoms with van der Waals surface area (Å²) in [6, 6.07) is 3.72. The number of piperidine rings is 1. The van der Waals surface area contributed by atoms with Gasteiger partial charge in [-0.25, -0.2) is 0 Å². The molecule has 1 aromatic rings. The molecule has 0 bridgehead atoms. The molecule has 0 radical (unpaired) electrons. The Morgan fingerprint density at radius 2 is 2.31 bits per heavy atom. The summed E-state index contributed by atoms with van der Waals surface area (Å²) in [5.41, 5.74) is 6.11. The van der Waals surface area contributed by atoms with Crippen molar-refractivity contribution in [3.8, 4) is 0 Å². The minimum Gasteiger partial charge on any atom is -0.467 e. The van der Waals surface area contributed by atoms with Crippen LogP contribution in [0.1, 0.15) is 38.5 Å². The van der Waals surface area contributed by atoms with Gasteiger partial charge in [0.1, 0.15) is 11.8 Å². The third-order valence-corrected chi connectivity index (χ3v) is 3.08. The van der Waals surface area contributed by atoms with Gasteiger partial charge in [-0.05, 0) is 32.4 Å². The molecule has 1 amide bonds. The van der Waals surface area contributed by atoms with Crippen molar-refractivity contribution in [3.63, 3.8) is 0 Å². The Morgan fingerprint density at radius 1 is 1.56 bits per heavy atom. The van der Waals surface area contributed by atoms with Crippen LogP contribution in [0.5, 0.6) is 0 Å². The van der Waals surface area contributed by atoms with Gasteiger partial charge >= 0.3 is 0 Å². The second kappa shape index (κ2) is 4.29. The molecule has 88 valence electrons.